The van der Waals surface area contributed by atoms with Gasteiger partial charge in [0, 0.05) is 18.7 Å². The summed E-state index contributed by atoms with van der Waals surface area (Å²) in [6.45, 7) is 0.547. The number of amidine groups is 1. The largest absolute Gasteiger partial charge is 0.497 e. The number of benzene rings is 3. The molecule has 1 fully saturated rings. The normalized spacial score (nSPS) is 16.2. The predicted molar refractivity (Wildman–Crippen MR) is 134 cm³/mol. The smallest absolute Gasteiger partial charge is 0.247 e. The number of ether oxygens (including phenoxy) is 1. The topological polar surface area (TPSA) is 71.0 Å². The van der Waals surface area contributed by atoms with Crippen molar-refractivity contribution in [2.24, 2.45) is 4.99 Å². The maximum atomic E-state index is 13.0. The van der Waals surface area contributed by atoms with Crippen LogP contribution in [0.3, 0.4) is 0 Å². The number of carbonyl (C=O) groups is 2. The summed E-state index contributed by atoms with van der Waals surface area (Å²) in [6.07, 6.45) is 0.893. The quantitative estimate of drug-likeness (QED) is 0.313. The molecule has 0 bridgehead atoms. The molecule has 0 aliphatic carbocycles. The van der Waals surface area contributed by atoms with Gasteiger partial charge in [-0.1, -0.05) is 60.3 Å². The Balaban J connectivity index is 1.47. The van der Waals surface area contributed by atoms with Gasteiger partial charge in [0.15, 0.2) is 5.17 Å². The number of carbonyl (C=O) groups excluding carboxylic acids is 2. The molecule has 0 radical (unpaired) electrons. The van der Waals surface area contributed by atoms with Crippen LogP contribution in [0.4, 0.5) is 11.4 Å². The van der Waals surface area contributed by atoms with Gasteiger partial charge in [0.05, 0.1) is 12.8 Å². The molecule has 1 aliphatic rings. The van der Waals surface area contributed by atoms with Crippen LogP contribution in [0.5, 0.6) is 5.75 Å². The van der Waals surface area contributed by atoms with Crippen molar-refractivity contribution in [2.75, 3.05) is 23.9 Å². The Morgan fingerprint density at radius 1 is 1.00 bits per heavy atom. The van der Waals surface area contributed by atoms with E-state index >= 15 is 0 Å². The second kappa shape index (κ2) is 10.8. The molecule has 1 aliphatic heterocycles. The van der Waals surface area contributed by atoms with Crippen LogP contribution >= 0.6 is 11.8 Å². The molecule has 7 heteroatoms. The molecule has 1 N–H and O–H groups in total. The van der Waals surface area contributed by atoms with Gasteiger partial charge in [-0.2, -0.15) is 0 Å². The van der Waals surface area contributed by atoms with E-state index in [2.05, 4.69) is 5.32 Å². The fraction of sp³-hybridized carbons (Fsp3) is 0.192. The van der Waals surface area contributed by atoms with E-state index in [1.54, 1.807) is 19.2 Å². The van der Waals surface area contributed by atoms with Crippen LogP contribution in [0.15, 0.2) is 89.9 Å². The first-order valence-electron chi connectivity index (χ1n) is 10.7. The van der Waals surface area contributed by atoms with Crippen LogP contribution in [0.2, 0.25) is 0 Å². The molecule has 168 valence electrons. The first-order valence-corrected chi connectivity index (χ1v) is 11.6. The lowest BCUT2D eigenvalue weighted by Gasteiger charge is -2.16. The number of anilines is 2. The molecular weight excluding hydrogens is 434 g/mol. The van der Waals surface area contributed by atoms with Gasteiger partial charge in [0.2, 0.25) is 11.8 Å². The van der Waals surface area contributed by atoms with E-state index in [9.17, 15) is 9.59 Å². The van der Waals surface area contributed by atoms with Crippen molar-refractivity contribution < 1.29 is 14.3 Å². The monoisotopic (exact) mass is 459 g/mol. The number of aliphatic imine (C=N–C) groups is 1. The number of nitrogens with zero attached hydrogens (tertiary/aromatic N) is 2. The van der Waals surface area contributed by atoms with Crippen molar-refractivity contribution >= 4 is 40.1 Å². The average Bonchev–Trinajstić information content (AvgIpc) is 3.13. The zero-order valence-electron chi connectivity index (χ0n) is 18.3. The number of thioether (sulfide) groups is 1. The molecule has 1 saturated heterocycles. The Hall–Kier alpha value is -3.58. The van der Waals surface area contributed by atoms with Crippen molar-refractivity contribution in [3.63, 3.8) is 0 Å². The van der Waals surface area contributed by atoms with Crippen molar-refractivity contribution in [1.82, 2.24) is 0 Å². The van der Waals surface area contributed by atoms with Gasteiger partial charge in [0.25, 0.3) is 0 Å². The third kappa shape index (κ3) is 5.81. The summed E-state index contributed by atoms with van der Waals surface area (Å²) >= 11 is 1.31. The zero-order valence-corrected chi connectivity index (χ0v) is 19.1. The molecule has 33 heavy (non-hydrogen) atoms. The number of imide groups is 1. The van der Waals surface area contributed by atoms with Crippen LogP contribution in [0.25, 0.3) is 0 Å². The van der Waals surface area contributed by atoms with E-state index in [-0.39, 0.29) is 18.2 Å². The number of hydrogen-bond acceptors (Lipinski definition) is 5. The van der Waals surface area contributed by atoms with E-state index in [0.717, 1.165) is 23.4 Å². The Morgan fingerprint density at radius 3 is 2.33 bits per heavy atom. The van der Waals surface area contributed by atoms with Gasteiger partial charge in [-0.25, -0.2) is 4.90 Å². The number of para-hydroxylation sites is 2. The fourth-order valence-corrected chi connectivity index (χ4v) is 4.55. The minimum atomic E-state index is -0.520. The van der Waals surface area contributed by atoms with Crippen LogP contribution < -0.4 is 15.0 Å². The number of methoxy groups -OCH3 is 1. The molecule has 1 heterocycles. The molecule has 4 rings (SSSR count). The molecule has 3 aromatic rings. The molecule has 0 spiro atoms. The van der Waals surface area contributed by atoms with E-state index in [1.165, 1.54) is 16.7 Å². The van der Waals surface area contributed by atoms with Crippen LogP contribution in [-0.4, -0.2) is 35.9 Å². The third-order valence-electron chi connectivity index (χ3n) is 5.21. The Labute approximate surface area is 197 Å². The van der Waals surface area contributed by atoms with Gasteiger partial charge in [-0.05, 0) is 48.4 Å². The van der Waals surface area contributed by atoms with E-state index in [1.807, 2.05) is 72.8 Å². The van der Waals surface area contributed by atoms with Crippen molar-refractivity contribution in [1.29, 1.82) is 0 Å². The lowest BCUT2D eigenvalue weighted by Crippen LogP contribution is -2.31. The molecule has 6 nitrogen and oxygen atoms in total. The summed E-state index contributed by atoms with van der Waals surface area (Å²) in [7, 11) is 1.64. The SMILES string of the molecule is COc1ccc(CCN=C(Nc2ccccc2)SC2CC(=O)N(c3ccccc3)C2=O)cc1. The fourth-order valence-electron chi connectivity index (χ4n) is 3.51. The standard InChI is InChI=1S/C26H25N3O3S/c1-32-22-14-12-19(13-15-22)16-17-27-26(28-20-8-4-2-5-9-20)33-23-18-24(30)29(25(23)31)21-10-6-3-7-11-21/h2-15,23H,16-18H2,1H3,(H,27,28). The number of amides is 2. The summed E-state index contributed by atoms with van der Waals surface area (Å²) < 4.78 is 5.21. The van der Waals surface area contributed by atoms with Gasteiger partial charge in [-0.3, -0.25) is 14.6 Å². The maximum absolute atomic E-state index is 13.0. The molecule has 0 aromatic heterocycles. The maximum Gasteiger partial charge on any atom is 0.247 e. The van der Waals surface area contributed by atoms with Crippen molar-refractivity contribution in [3.05, 3.63) is 90.5 Å². The second-order valence-electron chi connectivity index (χ2n) is 7.49. The summed E-state index contributed by atoms with van der Waals surface area (Å²) in [5, 5.41) is 3.41. The molecule has 1 unspecified atom stereocenters. The van der Waals surface area contributed by atoms with Crippen molar-refractivity contribution in [2.45, 2.75) is 18.1 Å². The summed E-state index contributed by atoms with van der Waals surface area (Å²) in [5.41, 5.74) is 2.63. The molecule has 0 saturated carbocycles. The minimum Gasteiger partial charge on any atom is -0.497 e. The highest BCUT2D eigenvalue weighted by Gasteiger charge is 2.40. The highest BCUT2D eigenvalue weighted by Crippen LogP contribution is 2.30. The van der Waals surface area contributed by atoms with E-state index in [4.69, 9.17) is 9.73 Å². The molecule has 1 atom stereocenters. The van der Waals surface area contributed by atoms with Crippen LogP contribution in [0, 0.1) is 0 Å². The Morgan fingerprint density at radius 2 is 1.67 bits per heavy atom. The van der Waals surface area contributed by atoms with E-state index in [0.29, 0.717) is 17.4 Å². The highest BCUT2D eigenvalue weighted by molar-refractivity contribution is 8.15. The third-order valence-corrected chi connectivity index (χ3v) is 6.32. The Kier molecular flexibility index (Phi) is 7.42. The van der Waals surface area contributed by atoms with Gasteiger partial charge < -0.3 is 10.1 Å². The number of rotatable bonds is 7. The lowest BCUT2D eigenvalue weighted by molar-refractivity contribution is -0.121. The molecule has 3 aromatic carbocycles. The van der Waals surface area contributed by atoms with E-state index < -0.39 is 5.25 Å². The summed E-state index contributed by atoms with van der Waals surface area (Å²) in [5.74, 6) is 0.409. The summed E-state index contributed by atoms with van der Waals surface area (Å²) in [6, 6.07) is 26.6. The Bertz CT molecular complexity index is 1120. The second-order valence-corrected chi connectivity index (χ2v) is 8.68. The first kappa shape index (κ1) is 22.6. The average molecular weight is 460 g/mol. The molecular formula is C26H25N3O3S. The predicted octanol–water partition coefficient (Wildman–Crippen LogP) is 4.77. The highest BCUT2D eigenvalue weighted by atomic mass is 32.2. The first-order chi connectivity index (χ1) is 16.1. The number of nitrogens with one attached hydrogen (secondary N) is 1. The van der Waals surface area contributed by atoms with Crippen LogP contribution in [-0.2, 0) is 16.0 Å². The minimum absolute atomic E-state index is 0.145. The van der Waals surface area contributed by atoms with Gasteiger partial charge in [-0.15, -0.1) is 0 Å². The van der Waals surface area contributed by atoms with Gasteiger partial charge >= 0.3 is 0 Å². The zero-order chi connectivity index (χ0) is 23.0. The summed E-state index contributed by atoms with van der Waals surface area (Å²) in [4.78, 5) is 31.7. The number of hydrogen-bond donors (Lipinski definition) is 1. The van der Waals surface area contributed by atoms with Crippen molar-refractivity contribution in [3.8, 4) is 5.75 Å². The molecule has 2 amide bonds. The van der Waals surface area contributed by atoms with Crippen LogP contribution in [0.1, 0.15) is 12.0 Å². The lowest BCUT2D eigenvalue weighted by atomic mass is 10.1. The van der Waals surface area contributed by atoms with Gasteiger partial charge in [0.1, 0.15) is 11.0 Å².